The van der Waals surface area contributed by atoms with Gasteiger partial charge in [0.25, 0.3) is 0 Å². The van der Waals surface area contributed by atoms with Crippen molar-refractivity contribution in [1.29, 1.82) is 0 Å². The first-order valence-electron chi connectivity index (χ1n) is 11.6. The summed E-state index contributed by atoms with van der Waals surface area (Å²) in [5.74, 6) is -0.650. The van der Waals surface area contributed by atoms with Crippen LogP contribution in [-0.4, -0.2) is 56.6 Å². The molecular formula is C26H37N3O4S. The molecular weight excluding hydrogens is 450 g/mol. The largest absolute Gasteiger partial charge is 0.352 e. The highest BCUT2D eigenvalue weighted by molar-refractivity contribution is 7.92. The van der Waals surface area contributed by atoms with Gasteiger partial charge in [0, 0.05) is 12.6 Å². The van der Waals surface area contributed by atoms with Gasteiger partial charge < -0.3 is 10.2 Å². The molecule has 0 fully saturated rings. The van der Waals surface area contributed by atoms with Crippen molar-refractivity contribution in [3.8, 4) is 0 Å². The molecule has 0 unspecified atom stereocenters. The molecule has 186 valence electrons. The van der Waals surface area contributed by atoms with Crippen LogP contribution in [0.1, 0.15) is 43.9 Å². The minimum Gasteiger partial charge on any atom is -0.352 e. The average Bonchev–Trinajstić information content (AvgIpc) is 2.74. The molecule has 0 saturated heterocycles. The van der Waals surface area contributed by atoms with E-state index in [1.54, 1.807) is 6.07 Å². The van der Waals surface area contributed by atoms with Gasteiger partial charge in [-0.15, -0.1) is 0 Å². The van der Waals surface area contributed by atoms with Crippen molar-refractivity contribution in [3.05, 3.63) is 65.2 Å². The Balaban J connectivity index is 2.39. The Morgan fingerprint density at radius 3 is 2.21 bits per heavy atom. The van der Waals surface area contributed by atoms with Gasteiger partial charge in [0.1, 0.15) is 12.6 Å². The molecule has 0 aromatic heterocycles. The predicted molar refractivity (Wildman–Crippen MR) is 137 cm³/mol. The van der Waals surface area contributed by atoms with Gasteiger partial charge in [-0.2, -0.15) is 0 Å². The van der Waals surface area contributed by atoms with Crippen LogP contribution >= 0.6 is 0 Å². The zero-order valence-electron chi connectivity index (χ0n) is 21.0. The molecule has 7 nitrogen and oxygen atoms in total. The summed E-state index contributed by atoms with van der Waals surface area (Å²) in [4.78, 5) is 28.1. The molecule has 34 heavy (non-hydrogen) atoms. The maximum absolute atomic E-state index is 13.6. The molecule has 0 spiro atoms. The Labute approximate surface area is 204 Å². The third-order valence-corrected chi connectivity index (χ3v) is 6.73. The number of nitrogens with one attached hydrogen (secondary N) is 1. The molecule has 8 heteroatoms. The smallest absolute Gasteiger partial charge is 0.244 e. The number of anilines is 1. The minimum absolute atomic E-state index is 0.0737. The van der Waals surface area contributed by atoms with Crippen LogP contribution in [0.4, 0.5) is 5.69 Å². The molecule has 0 aliphatic heterocycles. The van der Waals surface area contributed by atoms with Gasteiger partial charge in [-0.1, -0.05) is 55.0 Å². The van der Waals surface area contributed by atoms with Crippen molar-refractivity contribution in [2.45, 2.75) is 59.5 Å². The topological polar surface area (TPSA) is 86.8 Å². The van der Waals surface area contributed by atoms with E-state index < -0.39 is 22.0 Å². The molecule has 0 heterocycles. The Bertz CT molecular complexity index is 1080. The van der Waals surface area contributed by atoms with Gasteiger partial charge in [0.15, 0.2) is 0 Å². The first-order valence-corrected chi connectivity index (χ1v) is 13.5. The van der Waals surface area contributed by atoms with Crippen LogP contribution < -0.4 is 9.62 Å². The number of carbonyl (C=O) groups excluding carboxylic acids is 2. The summed E-state index contributed by atoms with van der Waals surface area (Å²) in [5, 5.41) is 2.89. The van der Waals surface area contributed by atoms with Crippen LogP contribution in [0.25, 0.3) is 0 Å². The van der Waals surface area contributed by atoms with Gasteiger partial charge in [-0.05, 0) is 57.7 Å². The first kappa shape index (κ1) is 27.4. The fraction of sp³-hybridized carbons (Fsp3) is 0.462. The van der Waals surface area contributed by atoms with E-state index in [1.165, 1.54) is 4.90 Å². The van der Waals surface area contributed by atoms with E-state index in [1.807, 2.05) is 77.1 Å². The molecule has 1 N–H and O–H groups in total. The van der Waals surface area contributed by atoms with Gasteiger partial charge in [-0.25, -0.2) is 8.42 Å². The quantitative estimate of drug-likeness (QED) is 0.526. The second-order valence-corrected chi connectivity index (χ2v) is 10.9. The van der Waals surface area contributed by atoms with Gasteiger partial charge in [0.2, 0.25) is 21.8 Å². The van der Waals surface area contributed by atoms with Crippen molar-refractivity contribution >= 4 is 27.5 Å². The number of amides is 2. The Kier molecular flexibility index (Phi) is 9.67. The number of benzene rings is 2. The molecule has 1 atom stereocenters. The summed E-state index contributed by atoms with van der Waals surface area (Å²) in [6.45, 7) is 9.27. The fourth-order valence-electron chi connectivity index (χ4n) is 3.96. The van der Waals surface area contributed by atoms with Crippen LogP contribution in [0, 0.1) is 13.8 Å². The highest BCUT2D eigenvalue weighted by Crippen LogP contribution is 2.24. The second kappa shape index (κ2) is 12.0. The number of aryl methyl sites for hydroxylation is 2. The maximum Gasteiger partial charge on any atom is 0.244 e. The van der Waals surface area contributed by atoms with Crippen LogP contribution in [0.2, 0.25) is 0 Å². The summed E-state index contributed by atoms with van der Waals surface area (Å²) in [5.41, 5.74) is 3.26. The van der Waals surface area contributed by atoms with E-state index in [9.17, 15) is 18.0 Å². The molecule has 2 aromatic carbocycles. The lowest BCUT2D eigenvalue weighted by Crippen LogP contribution is -2.54. The van der Waals surface area contributed by atoms with Gasteiger partial charge >= 0.3 is 0 Å². The standard InChI is InChI=1S/C26H37N3O4S/c1-7-23(26(31)27-19(2)3)28(16-15-22-11-9-8-10-12-22)25(30)18-29(34(6,32)33)24-14-13-20(4)17-21(24)5/h8-14,17,19,23H,7,15-16,18H2,1-6H3,(H,27,31)/t23-/m0/s1. The summed E-state index contributed by atoms with van der Waals surface area (Å²) in [7, 11) is -3.74. The van der Waals surface area contributed by atoms with E-state index in [0.29, 0.717) is 25.1 Å². The lowest BCUT2D eigenvalue weighted by molar-refractivity contribution is -0.139. The zero-order chi connectivity index (χ0) is 25.5. The molecule has 0 aliphatic rings. The minimum atomic E-state index is -3.74. The monoisotopic (exact) mass is 487 g/mol. The van der Waals surface area contributed by atoms with Crippen LogP contribution in [0.3, 0.4) is 0 Å². The van der Waals surface area contributed by atoms with Crippen molar-refractivity contribution in [2.24, 2.45) is 0 Å². The Morgan fingerprint density at radius 1 is 1.03 bits per heavy atom. The molecule has 0 saturated carbocycles. The average molecular weight is 488 g/mol. The highest BCUT2D eigenvalue weighted by atomic mass is 32.2. The van der Waals surface area contributed by atoms with Gasteiger partial charge in [0.05, 0.1) is 11.9 Å². The molecule has 0 radical (unpaired) electrons. The van der Waals surface area contributed by atoms with E-state index in [2.05, 4.69) is 5.32 Å². The number of carbonyl (C=O) groups is 2. The van der Waals surface area contributed by atoms with E-state index in [0.717, 1.165) is 27.3 Å². The molecule has 2 aromatic rings. The Hall–Kier alpha value is -2.87. The predicted octanol–water partition coefficient (Wildman–Crippen LogP) is 3.44. The third kappa shape index (κ3) is 7.58. The number of nitrogens with zero attached hydrogens (tertiary/aromatic N) is 2. The van der Waals surface area contributed by atoms with Crippen molar-refractivity contribution < 1.29 is 18.0 Å². The highest BCUT2D eigenvalue weighted by Gasteiger charge is 2.32. The van der Waals surface area contributed by atoms with Crippen LogP contribution in [-0.2, 0) is 26.0 Å². The lowest BCUT2D eigenvalue weighted by atomic mass is 10.1. The zero-order valence-corrected chi connectivity index (χ0v) is 21.9. The Morgan fingerprint density at radius 2 is 1.68 bits per heavy atom. The number of sulfonamides is 1. The van der Waals surface area contributed by atoms with Crippen molar-refractivity contribution in [1.82, 2.24) is 10.2 Å². The number of hydrogen-bond donors (Lipinski definition) is 1. The molecule has 2 amide bonds. The van der Waals surface area contributed by atoms with Crippen molar-refractivity contribution in [2.75, 3.05) is 23.7 Å². The number of rotatable bonds is 11. The molecule has 0 aliphatic carbocycles. The lowest BCUT2D eigenvalue weighted by Gasteiger charge is -2.33. The summed E-state index contributed by atoms with van der Waals surface area (Å²) >= 11 is 0. The SMILES string of the molecule is CC[C@@H](C(=O)NC(C)C)N(CCc1ccccc1)C(=O)CN(c1ccc(C)cc1C)S(C)(=O)=O. The number of hydrogen-bond acceptors (Lipinski definition) is 4. The summed E-state index contributed by atoms with van der Waals surface area (Å²) in [6, 6.07) is 14.4. The fourth-order valence-corrected chi connectivity index (χ4v) is 4.86. The first-order chi connectivity index (χ1) is 15.9. The maximum atomic E-state index is 13.6. The normalized spacial score (nSPS) is 12.3. The van der Waals surface area contributed by atoms with Gasteiger partial charge in [-0.3, -0.25) is 13.9 Å². The summed E-state index contributed by atoms with van der Waals surface area (Å²) in [6.07, 6.45) is 2.07. The van der Waals surface area contributed by atoms with Crippen molar-refractivity contribution in [3.63, 3.8) is 0 Å². The summed E-state index contributed by atoms with van der Waals surface area (Å²) < 4.78 is 26.5. The molecule has 0 bridgehead atoms. The van der Waals surface area contributed by atoms with Crippen LogP contribution in [0.15, 0.2) is 48.5 Å². The second-order valence-electron chi connectivity index (χ2n) is 8.97. The molecule has 2 rings (SSSR count). The van der Waals surface area contributed by atoms with E-state index in [4.69, 9.17) is 0 Å². The third-order valence-electron chi connectivity index (χ3n) is 5.60. The van der Waals surface area contributed by atoms with E-state index in [-0.39, 0.29) is 18.5 Å². The van der Waals surface area contributed by atoms with E-state index >= 15 is 0 Å². The van der Waals surface area contributed by atoms with Crippen LogP contribution in [0.5, 0.6) is 0 Å².